The lowest BCUT2D eigenvalue weighted by molar-refractivity contribution is 0.0694. The summed E-state index contributed by atoms with van der Waals surface area (Å²) in [5.41, 5.74) is 1.09. The molecule has 17 heavy (non-hydrogen) atoms. The Morgan fingerprint density at radius 2 is 2.53 bits per heavy atom. The molecule has 1 unspecified atom stereocenters. The van der Waals surface area contributed by atoms with E-state index in [1.807, 2.05) is 11.8 Å². The van der Waals surface area contributed by atoms with Gasteiger partial charge >= 0.3 is 5.97 Å². The summed E-state index contributed by atoms with van der Waals surface area (Å²) >= 11 is 1.96. The van der Waals surface area contributed by atoms with Crippen molar-refractivity contribution in [2.75, 3.05) is 18.6 Å². The number of nitrogens with zero attached hydrogens (tertiary/aromatic N) is 3. The molecule has 5 nitrogen and oxygen atoms in total. The monoisotopic (exact) mass is 255 g/mol. The number of carboxylic acids is 1. The number of carboxylic acid groups (broad SMARTS) is 1. The lowest BCUT2D eigenvalue weighted by Crippen LogP contribution is -2.32. The Labute approximate surface area is 105 Å². The number of carbonyl (C=O) groups is 1. The van der Waals surface area contributed by atoms with Crippen LogP contribution in [0.25, 0.3) is 0 Å². The fourth-order valence-electron chi connectivity index (χ4n) is 2.06. The summed E-state index contributed by atoms with van der Waals surface area (Å²) in [6.45, 7) is 0.642. The van der Waals surface area contributed by atoms with E-state index in [1.165, 1.54) is 18.4 Å². The molecule has 0 amide bonds. The van der Waals surface area contributed by atoms with Crippen molar-refractivity contribution in [2.45, 2.75) is 19.0 Å². The Hall–Kier alpha value is -1.01. The van der Waals surface area contributed by atoms with Crippen molar-refractivity contribution in [3.8, 4) is 0 Å². The molecule has 6 heteroatoms. The van der Waals surface area contributed by atoms with E-state index in [0.29, 0.717) is 18.2 Å². The standard InChI is InChI=1S/C11H17N3O2S/c1-13(8-3-4-17-7-8)6-10-9(11(15)16)5-12-14(10)2/h5,8H,3-4,6-7H2,1-2H3,(H,15,16). The summed E-state index contributed by atoms with van der Waals surface area (Å²) in [4.78, 5) is 13.3. The Morgan fingerprint density at radius 1 is 1.76 bits per heavy atom. The molecule has 1 saturated heterocycles. The van der Waals surface area contributed by atoms with Gasteiger partial charge in [0.2, 0.25) is 0 Å². The first-order valence-electron chi connectivity index (χ1n) is 5.61. The highest BCUT2D eigenvalue weighted by molar-refractivity contribution is 7.99. The number of aromatic nitrogens is 2. The molecule has 0 bridgehead atoms. The van der Waals surface area contributed by atoms with Crippen molar-refractivity contribution in [2.24, 2.45) is 7.05 Å². The molecule has 0 radical (unpaired) electrons. The molecule has 1 fully saturated rings. The molecule has 94 valence electrons. The zero-order chi connectivity index (χ0) is 12.4. The van der Waals surface area contributed by atoms with Crippen LogP contribution < -0.4 is 0 Å². The van der Waals surface area contributed by atoms with Crippen LogP contribution in [-0.2, 0) is 13.6 Å². The largest absolute Gasteiger partial charge is 0.478 e. The third-order valence-corrected chi connectivity index (χ3v) is 4.36. The number of hydrogen-bond donors (Lipinski definition) is 1. The van der Waals surface area contributed by atoms with E-state index in [4.69, 9.17) is 5.11 Å². The molecule has 1 aliphatic rings. The average molecular weight is 255 g/mol. The second-order valence-electron chi connectivity index (χ2n) is 4.37. The van der Waals surface area contributed by atoms with E-state index in [2.05, 4.69) is 17.0 Å². The fraction of sp³-hybridized carbons (Fsp3) is 0.636. The summed E-state index contributed by atoms with van der Waals surface area (Å²) in [6, 6.07) is 0.552. The molecule has 1 N–H and O–H groups in total. The van der Waals surface area contributed by atoms with Gasteiger partial charge in [-0.2, -0.15) is 16.9 Å². The maximum atomic E-state index is 11.1. The summed E-state index contributed by atoms with van der Waals surface area (Å²) in [6.07, 6.45) is 2.61. The second kappa shape index (κ2) is 5.10. The van der Waals surface area contributed by atoms with Crippen LogP contribution in [0.4, 0.5) is 0 Å². The molecule has 1 aromatic rings. The van der Waals surface area contributed by atoms with Gasteiger partial charge in [-0.25, -0.2) is 4.79 Å². The van der Waals surface area contributed by atoms with Gasteiger partial charge in [-0.3, -0.25) is 9.58 Å². The van der Waals surface area contributed by atoms with Gasteiger partial charge in [0.05, 0.1) is 11.9 Å². The van der Waals surface area contributed by atoms with Gasteiger partial charge in [0, 0.05) is 25.4 Å². The third kappa shape index (κ3) is 2.63. The van der Waals surface area contributed by atoms with Gasteiger partial charge in [-0.05, 0) is 19.2 Å². The van der Waals surface area contributed by atoms with Crippen LogP contribution in [0.1, 0.15) is 22.5 Å². The van der Waals surface area contributed by atoms with E-state index in [9.17, 15) is 4.79 Å². The minimum Gasteiger partial charge on any atom is -0.478 e. The first-order valence-corrected chi connectivity index (χ1v) is 6.77. The summed E-state index contributed by atoms with van der Waals surface area (Å²) in [5.74, 6) is 1.44. The molecule has 2 rings (SSSR count). The molecule has 0 aromatic carbocycles. The highest BCUT2D eigenvalue weighted by Gasteiger charge is 2.23. The maximum Gasteiger partial charge on any atom is 0.339 e. The van der Waals surface area contributed by atoms with E-state index < -0.39 is 5.97 Å². The van der Waals surface area contributed by atoms with Crippen LogP contribution in [0.15, 0.2) is 6.20 Å². The van der Waals surface area contributed by atoms with Crippen molar-refractivity contribution in [3.63, 3.8) is 0 Å². The summed E-state index contributed by atoms with van der Waals surface area (Å²) in [5, 5.41) is 13.1. The predicted molar refractivity (Wildman–Crippen MR) is 67.4 cm³/mol. The number of aromatic carboxylic acids is 1. The molecule has 1 aliphatic heterocycles. The van der Waals surface area contributed by atoms with Crippen molar-refractivity contribution in [1.82, 2.24) is 14.7 Å². The quantitative estimate of drug-likeness (QED) is 0.871. The summed E-state index contributed by atoms with van der Waals surface area (Å²) < 4.78 is 1.65. The normalized spacial score (nSPS) is 20.1. The summed E-state index contributed by atoms with van der Waals surface area (Å²) in [7, 11) is 3.84. The van der Waals surface area contributed by atoms with Crippen molar-refractivity contribution >= 4 is 17.7 Å². The smallest absolute Gasteiger partial charge is 0.339 e. The van der Waals surface area contributed by atoms with Gasteiger partial charge in [0.1, 0.15) is 5.56 Å². The van der Waals surface area contributed by atoms with E-state index in [0.717, 1.165) is 11.4 Å². The number of rotatable bonds is 4. The lowest BCUT2D eigenvalue weighted by atomic mass is 10.2. The lowest BCUT2D eigenvalue weighted by Gasteiger charge is -2.23. The Kier molecular flexibility index (Phi) is 3.73. The third-order valence-electron chi connectivity index (χ3n) is 3.22. The van der Waals surface area contributed by atoms with Crippen LogP contribution in [0.2, 0.25) is 0 Å². The highest BCUT2D eigenvalue weighted by atomic mass is 32.2. The zero-order valence-electron chi connectivity index (χ0n) is 10.1. The molecule has 0 spiro atoms. The topological polar surface area (TPSA) is 58.4 Å². The van der Waals surface area contributed by atoms with Crippen LogP contribution in [0, 0.1) is 0 Å². The average Bonchev–Trinajstić information content (AvgIpc) is 2.89. The highest BCUT2D eigenvalue weighted by Crippen LogP contribution is 2.23. The van der Waals surface area contributed by atoms with Crippen LogP contribution in [-0.4, -0.2) is 50.4 Å². The zero-order valence-corrected chi connectivity index (χ0v) is 10.9. The molecule has 1 aromatic heterocycles. The molecule has 1 atom stereocenters. The minimum atomic E-state index is -0.901. The SMILES string of the molecule is CN(Cc1c(C(=O)O)cnn1C)C1CCSC1. The van der Waals surface area contributed by atoms with Gasteiger partial charge in [-0.1, -0.05) is 0 Å². The van der Waals surface area contributed by atoms with E-state index in [1.54, 1.807) is 11.7 Å². The molecule has 2 heterocycles. The van der Waals surface area contributed by atoms with Crippen LogP contribution in [0.5, 0.6) is 0 Å². The van der Waals surface area contributed by atoms with Crippen LogP contribution >= 0.6 is 11.8 Å². The van der Waals surface area contributed by atoms with Gasteiger partial charge in [-0.15, -0.1) is 0 Å². The van der Waals surface area contributed by atoms with Gasteiger partial charge < -0.3 is 5.11 Å². The van der Waals surface area contributed by atoms with Crippen molar-refractivity contribution in [3.05, 3.63) is 17.5 Å². The fourth-order valence-corrected chi connectivity index (χ4v) is 3.36. The Morgan fingerprint density at radius 3 is 3.12 bits per heavy atom. The minimum absolute atomic E-state index is 0.310. The van der Waals surface area contributed by atoms with Crippen LogP contribution in [0.3, 0.4) is 0 Å². The molecule has 0 saturated carbocycles. The molecular formula is C11H17N3O2S. The van der Waals surface area contributed by atoms with Crippen molar-refractivity contribution < 1.29 is 9.90 Å². The van der Waals surface area contributed by atoms with Gasteiger partial charge in [0.25, 0.3) is 0 Å². The maximum absolute atomic E-state index is 11.1. The first-order chi connectivity index (χ1) is 8.09. The predicted octanol–water partition coefficient (Wildman–Crippen LogP) is 1.06. The number of thioether (sulfide) groups is 1. The first kappa shape index (κ1) is 12.4. The molecular weight excluding hydrogens is 238 g/mol. The number of aryl methyl sites for hydroxylation is 1. The Bertz CT molecular complexity index is 413. The van der Waals surface area contributed by atoms with Gasteiger partial charge in [0.15, 0.2) is 0 Å². The Balaban J connectivity index is 2.11. The second-order valence-corrected chi connectivity index (χ2v) is 5.52. The van der Waals surface area contributed by atoms with Crippen molar-refractivity contribution in [1.29, 1.82) is 0 Å². The van der Waals surface area contributed by atoms with E-state index >= 15 is 0 Å². The molecule has 0 aliphatic carbocycles. The van der Waals surface area contributed by atoms with E-state index in [-0.39, 0.29) is 0 Å². The number of hydrogen-bond acceptors (Lipinski definition) is 4.